The minimum Gasteiger partial charge on any atom is -0.481 e. The molecule has 0 saturated heterocycles. The van der Waals surface area contributed by atoms with Gasteiger partial charge in [0.05, 0.1) is 0 Å². The molecule has 2 heteroatoms. The molecule has 0 aliphatic rings. The first-order chi connectivity index (χ1) is 13.3. The van der Waals surface area contributed by atoms with Crippen LogP contribution in [0.5, 0.6) is 0 Å². The number of carbonyl (C=O) groups is 1. The predicted molar refractivity (Wildman–Crippen MR) is 124 cm³/mol. The smallest absolute Gasteiger partial charge is 0.303 e. The zero-order valence-electron chi connectivity index (χ0n) is 19.6. The van der Waals surface area contributed by atoms with E-state index in [0.29, 0.717) is 18.3 Å². The SMILES string of the molecule is CCCCCCCCC[C@H](C)/C=C(/C)C/C(C)=C/[C@H](C)CCCCCC(=O)O. The van der Waals surface area contributed by atoms with E-state index in [1.165, 1.54) is 62.5 Å². The second kappa shape index (κ2) is 18.0. The lowest BCUT2D eigenvalue weighted by atomic mass is 9.95. The normalized spacial score (nSPS) is 14.9. The summed E-state index contributed by atoms with van der Waals surface area (Å²) in [5, 5.41) is 8.67. The zero-order chi connectivity index (χ0) is 21.2. The molecule has 0 aliphatic carbocycles. The highest BCUT2D eigenvalue weighted by Crippen LogP contribution is 2.20. The fourth-order valence-electron chi connectivity index (χ4n) is 4.04. The minimum absolute atomic E-state index is 0.310. The summed E-state index contributed by atoms with van der Waals surface area (Å²) in [4.78, 5) is 10.5. The summed E-state index contributed by atoms with van der Waals surface area (Å²) in [6.07, 6.45) is 21.5. The van der Waals surface area contributed by atoms with Crippen molar-refractivity contribution in [2.24, 2.45) is 11.8 Å². The van der Waals surface area contributed by atoms with E-state index in [1.54, 1.807) is 0 Å². The standard InChI is InChI=1S/C26H48O2/c1-6-7-8-9-10-11-13-16-22(2)19-24(4)21-25(5)20-23(3)17-14-12-15-18-26(27)28/h19-20,22-23H,6-18,21H2,1-5H3,(H,27,28)/b24-19-,25-20+/t22-,23+/m0/s1. The van der Waals surface area contributed by atoms with Crippen LogP contribution in [0.15, 0.2) is 23.3 Å². The number of carboxylic acid groups (broad SMARTS) is 1. The summed E-state index contributed by atoms with van der Waals surface area (Å²) in [5.74, 6) is 0.602. The van der Waals surface area contributed by atoms with E-state index >= 15 is 0 Å². The molecule has 0 rings (SSSR count). The summed E-state index contributed by atoms with van der Waals surface area (Å²) in [5.41, 5.74) is 2.97. The molecule has 0 bridgehead atoms. The molecule has 0 aromatic rings. The Morgan fingerprint density at radius 2 is 1.18 bits per heavy atom. The lowest BCUT2D eigenvalue weighted by Gasteiger charge is -2.11. The van der Waals surface area contributed by atoms with Gasteiger partial charge < -0.3 is 5.11 Å². The molecule has 0 aromatic carbocycles. The van der Waals surface area contributed by atoms with E-state index in [0.717, 1.165) is 32.1 Å². The van der Waals surface area contributed by atoms with Gasteiger partial charge in [-0.3, -0.25) is 4.79 Å². The van der Waals surface area contributed by atoms with E-state index in [9.17, 15) is 4.79 Å². The van der Waals surface area contributed by atoms with Crippen LogP contribution in [0.3, 0.4) is 0 Å². The van der Waals surface area contributed by atoms with Gasteiger partial charge in [-0.1, -0.05) is 102 Å². The number of hydrogen-bond acceptors (Lipinski definition) is 1. The van der Waals surface area contributed by atoms with Gasteiger partial charge in [0.2, 0.25) is 0 Å². The van der Waals surface area contributed by atoms with Crippen molar-refractivity contribution >= 4 is 5.97 Å². The van der Waals surface area contributed by atoms with Crippen molar-refractivity contribution in [3.63, 3.8) is 0 Å². The number of unbranched alkanes of at least 4 members (excludes halogenated alkanes) is 8. The molecule has 0 fully saturated rings. The molecular formula is C26H48O2. The van der Waals surface area contributed by atoms with Crippen LogP contribution in [0.4, 0.5) is 0 Å². The van der Waals surface area contributed by atoms with Crippen LogP contribution in [-0.4, -0.2) is 11.1 Å². The number of rotatable bonds is 18. The Bertz CT molecular complexity index is 447. The van der Waals surface area contributed by atoms with Gasteiger partial charge in [0.1, 0.15) is 0 Å². The van der Waals surface area contributed by atoms with Crippen molar-refractivity contribution < 1.29 is 9.90 Å². The van der Waals surface area contributed by atoms with Crippen LogP contribution in [0.2, 0.25) is 0 Å². The first-order valence-corrected chi connectivity index (χ1v) is 11.9. The van der Waals surface area contributed by atoms with Gasteiger partial charge in [0.15, 0.2) is 0 Å². The Kier molecular flexibility index (Phi) is 17.3. The van der Waals surface area contributed by atoms with Crippen LogP contribution in [-0.2, 0) is 4.79 Å². The van der Waals surface area contributed by atoms with Gasteiger partial charge in [-0.05, 0) is 51.4 Å². The summed E-state index contributed by atoms with van der Waals surface area (Å²) in [6, 6.07) is 0. The lowest BCUT2D eigenvalue weighted by molar-refractivity contribution is -0.137. The van der Waals surface area contributed by atoms with E-state index in [-0.39, 0.29) is 0 Å². The summed E-state index contributed by atoms with van der Waals surface area (Å²) >= 11 is 0. The number of aliphatic carboxylic acids is 1. The number of hydrogen-bond donors (Lipinski definition) is 1. The first-order valence-electron chi connectivity index (χ1n) is 11.9. The van der Waals surface area contributed by atoms with Crippen LogP contribution >= 0.6 is 0 Å². The van der Waals surface area contributed by atoms with Crippen LogP contribution in [0, 0.1) is 11.8 Å². The molecule has 2 nitrogen and oxygen atoms in total. The second-order valence-corrected chi connectivity index (χ2v) is 9.06. The maximum absolute atomic E-state index is 10.5. The molecule has 0 saturated carbocycles. The molecule has 28 heavy (non-hydrogen) atoms. The number of allylic oxidation sites excluding steroid dienone is 4. The maximum Gasteiger partial charge on any atom is 0.303 e. The molecule has 0 heterocycles. The molecule has 2 atom stereocenters. The average Bonchev–Trinajstić information content (AvgIpc) is 2.59. The van der Waals surface area contributed by atoms with Crippen LogP contribution in [0.25, 0.3) is 0 Å². The Labute approximate surface area is 175 Å². The van der Waals surface area contributed by atoms with Crippen molar-refractivity contribution in [1.29, 1.82) is 0 Å². The Morgan fingerprint density at radius 1 is 0.750 bits per heavy atom. The third kappa shape index (κ3) is 18.3. The maximum atomic E-state index is 10.5. The molecule has 0 aliphatic heterocycles. The zero-order valence-corrected chi connectivity index (χ0v) is 19.6. The fraction of sp³-hybridized carbons (Fsp3) is 0.808. The van der Waals surface area contributed by atoms with E-state index < -0.39 is 5.97 Å². The molecule has 164 valence electrons. The summed E-state index contributed by atoms with van der Waals surface area (Å²) in [7, 11) is 0. The third-order valence-electron chi connectivity index (χ3n) is 5.51. The summed E-state index contributed by atoms with van der Waals surface area (Å²) < 4.78 is 0. The van der Waals surface area contributed by atoms with Crippen LogP contribution < -0.4 is 0 Å². The van der Waals surface area contributed by atoms with E-state index in [2.05, 4.69) is 46.8 Å². The van der Waals surface area contributed by atoms with Crippen molar-refractivity contribution in [1.82, 2.24) is 0 Å². The highest BCUT2D eigenvalue weighted by Gasteiger charge is 2.04. The quantitative estimate of drug-likeness (QED) is 0.187. The van der Waals surface area contributed by atoms with Gasteiger partial charge in [-0.2, -0.15) is 0 Å². The van der Waals surface area contributed by atoms with E-state index in [4.69, 9.17) is 5.11 Å². The largest absolute Gasteiger partial charge is 0.481 e. The molecule has 0 spiro atoms. The highest BCUT2D eigenvalue weighted by molar-refractivity contribution is 5.66. The van der Waals surface area contributed by atoms with Crippen molar-refractivity contribution in [3.8, 4) is 0 Å². The molecule has 0 radical (unpaired) electrons. The molecule has 1 N–H and O–H groups in total. The van der Waals surface area contributed by atoms with Gasteiger partial charge in [0, 0.05) is 6.42 Å². The average molecular weight is 393 g/mol. The van der Waals surface area contributed by atoms with Gasteiger partial charge in [0.25, 0.3) is 0 Å². The van der Waals surface area contributed by atoms with E-state index in [1.807, 2.05) is 0 Å². The second-order valence-electron chi connectivity index (χ2n) is 9.06. The van der Waals surface area contributed by atoms with Crippen LogP contribution in [0.1, 0.15) is 125 Å². The predicted octanol–water partition coefficient (Wildman–Crippen LogP) is 8.72. The van der Waals surface area contributed by atoms with Gasteiger partial charge >= 0.3 is 5.97 Å². The molecule has 0 aromatic heterocycles. The first kappa shape index (κ1) is 27.0. The highest BCUT2D eigenvalue weighted by atomic mass is 16.4. The fourth-order valence-corrected chi connectivity index (χ4v) is 4.04. The Balaban J connectivity index is 3.97. The molecule has 0 amide bonds. The van der Waals surface area contributed by atoms with Gasteiger partial charge in [-0.15, -0.1) is 0 Å². The van der Waals surface area contributed by atoms with Crippen molar-refractivity contribution in [2.75, 3.05) is 0 Å². The third-order valence-corrected chi connectivity index (χ3v) is 5.51. The molecule has 0 unspecified atom stereocenters. The minimum atomic E-state index is -0.674. The number of carboxylic acids is 1. The monoisotopic (exact) mass is 392 g/mol. The topological polar surface area (TPSA) is 37.3 Å². The molecular weight excluding hydrogens is 344 g/mol. The Hall–Kier alpha value is -1.05. The Morgan fingerprint density at radius 3 is 1.64 bits per heavy atom. The van der Waals surface area contributed by atoms with Gasteiger partial charge in [-0.25, -0.2) is 0 Å². The lowest BCUT2D eigenvalue weighted by Crippen LogP contribution is -1.96. The van der Waals surface area contributed by atoms with Crippen molar-refractivity contribution in [3.05, 3.63) is 23.3 Å². The van der Waals surface area contributed by atoms with Crippen molar-refractivity contribution in [2.45, 2.75) is 125 Å². The summed E-state index contributed by atoms with van der Waals surface area (Å²) in [6.45, 7) is 11.4.